The molecule has 4 atom stereocenters. The Labute approximate surface area is 137 Å². The Hall–Kier alpha value is -1.22. The zero-order valence-corrected chi connectivity index (χ0v) is 14.0. The number of nitrogens with one attached hydrogen (secondary N) is 1. The van der Waals surface area contributed by atoms with E-state index < -0.39 is 0 Å². The first-order valence-corrected chi connectivity index (χ1v) is 8.59. The molecule has 0 radical (unpaired) electrons. The smallest absolute Gasteiger partial charge is 0.258 e. The number of carbonyl (C=O) groups excluding carboxylic acids is 1. The quantitative estimate of drug-likeness (QED) is 0.891. The summed E-state index contributed by atoms with van der Waals surface area (Å²) in [5.41, 5.74) is 0.946. The molecular weight excluding hydrogens is 298 g/mol. The highest BCUT2D eigenvalue weighted by atomic mass is 35.5. The highest BCUT2D eigenvalue weighted by Gasteiger charge is 2.42. The molecule has 1 amide bonds. The average Bonchev–Trinajstić information content (AvgIpc) is 3.09. The van der Waals surface area contributed by atoms with Crippen LogP contribution in [0.25, 0.3) is 0 Å². The van der Waals surface area contributed by atoms with Crippen LogP contribution in [0.15, 0.2) is 18.2 Å². The van der Waals surface area contributed by atoms with Gasteiger partial charge in [0.25, 0.3) is 5.91 Å². The van der Waals surface area contributed by atoms with Gasteiger partial charge in [-0.15, -0.1) is 0 Å². The molecule has 2 fully saturated rings. The van der Waals surface area contributed by atoms with E-state index in [-0.39, 0.29) is 18.6 Å². The Morgan fingerprint density at radius 3 is 2.86 bits per heavy atom. The van der Waals surface area contributed by atoms with Crippen LogP contribution < -0.4 is 10.1 Å². The third kappa shape index (κ3) is 3.40. The lowest BCUT2D eigenvalue weighted by atomic mass is 9.84. The van der Waals surface area contributed by atoms with Crippen molar-refractivity contribution < 1.29 is 9.53 Å². The van der Waals surface area contributed by atoms with E-state index in [0.29, 0.717) is 16.7 Å². The molecule has 0 heterocycles. The minimum absolute atomic E-state index is 0.0374. The fraction of sp³-hybridized carbons (Fsp3) is 0.611. The molecule has 2 aliphatic rings. The van der Waals surface area contributed by atoms with Gasteiger partial charge in [0.15, 0.2) is 6.61 Å². The van der Waals surface area contributed by atoms with Crippen LogP contribution in [0.3, 0.4) is 0 Å². The zero-order valence-electron chi connectivity index (χ0n) is 13.3. The molecule has 0 spiro atoms. The molecule has 120 valence electrons. The predicted octanol–water partition coefficient (Wildman–Crippen LogP) is 3.97. The maximum absolute atomic E-state index is 12.1. The van der Waals surface area contributed by atoms with Gasteiger partial charge in [-0.3, -0.25) is 4.79 Å². The van der Waals surface area contributed by atoms with Gasteiger partial charge in [0.2, 0.25) is 0 Å². The molecule has 4 heteroatoms. The van der Waals surface area contributed by atoms with Crippen molar-refractivity contribution in [1.82, 2.24) is 5.32 Å². The Kier molecular flexibility index (Phi) is 4.62. The Bertz CT molecular complexity index is 560. The third-order valence-corrected chi connectivity index (χ3v) is 5.55. The molecule has 0 unspecified atom stereocenters. The van der Waals surface area contributed by atoms with E-state index in [4.69, 9.17) is 16.3 Å². The molecule has 2 bridgehead atoms. The summed E-state index contributed by atoms with van der Waals surface area (Å²) in [7, 11) is 0. The van der Waals surface area contributed by atoms with Gasteiger partial charge in [0, 0.05) is 11.1 Å². The lowest BCUT2D eigenvalue weighted by Crippen LogP contribution is -2.42. The lowest BCUT2D eigenvalue weighted by molar-refractivity contribution is -0.124. The van der Waals surface area contributed by atoms with Crippen LogP contribution >= 0.6 is 11.6 Å². The van der Waals surface area contributed by atoms with Crippen molar-refractivity contribution in [2.75, 3.05) is 6.61 Å². The number of amides is 1. The molecule has 2 saturated carbocycles. The third-order valence-electron chi connectivity index (χ3n) is 5.32. The first-order chi connectivity index (χ1) is 10.5. The number of hydrogen-bond donors (Lipinski definition) is 1. The molecule has 0 aromatic heterocycles. The summed E-state index contributed by atoms with van der Waals surface area (Å²) in [6, 6.07) is 5.68. The number of halogens is 1. The minimum atomic E-state index is -0.0374. The van der Waals surface area contributed by atoms with Crippen molar-refractivity contribution in [3.05, 3.63) is 28.8 Å². The molecule has 0 aliphatic heterocycles. The van der Waals surface area contributed by atoms with Crippen LogP contribution in [-0.4, -0.2) is 18.6 Å². The maximum Gasteiger partial charge on any atom is 0.258 e. The predicted molar refractivity (Wildman–Crippen MR) is 88.2 cm³/mol. The summed E-state index contributed by atoms with van der Waals surface area (Å²) in [6.45, 7) is 4.13. The summed E-state index contributed by atoms with van der Waals surface area (Å²) in [4.78, 5) is 12.1. The van der Waals surface area contributed by atoms with E-state index in [0.717, 1.165) is 17.4 Å². The summed E-state index contributed by atoms with van der Waals surface area (Å²) >= 11 is 5.92. The molecule has 1 aromatic rings. The van der Waals surface area contributed by atoms with Crippen molar-refractivity contribution in [3.63, 3.8) is 0 Å². The summed E-state index contributed by atoms with van der Waals surface area (Å²) in [6.07, 6.45) is 5.38. The van der Waals surface area contributed by atoms with Gasteiger partial charge >= 0.3 is 0 Å². The van der Waals surface area contributed by atoms with Crippen molar-refractivity contribution in [1.29, 1.82) is 0 Å². The number of hydrogen-bond acceptors (Lipinski definition) is 2. The topological polar surface area (TPSA) is 38.3 Å². The van der Waals surface area contributed by atoms with Gasteiger partial charge in [-0.05, 0) is 74.6 Å². The number of fused-ring (bicyclic) bond motifs is 2. The van der Waals surface area contributed by atoms with Gasteiger partial charge in [-0.1, -0.05) is 18.0 Å². The van der Waals surface area contributed by atoms with Gasteiger partial charge in [0.1, 0.15) is 5.75 Å². The SMILES string of the molecule is Cc1cc(Cl)ccc1OCC(=O)N[C@H](C)[C@@H]1C[C@H]2CC[C@H]1C2. The number of benzene rings is 1. The fourth-order valence-electron chi connectivity index (χ4n) is 4.23. The molecule has 1 N–H and O–H groups in total. The number of aryl methyl sites for hydroxylation is 1. The molecule has 1 aromatic carbocycles. The first kappa shape index (κ1) is 15.7. The second-order valence-electron chi connectivity index (χ2n) is 6.89. The molecule has 3 rings (SSSR count). The van der Waals surface area contributed by atoms with Gasteiger partial charge in [-0.25, -0.2) is 0 Å². The number of rotatable bonds is 5. The zero-order chi connectivity index (χ0) is 15.7. The summed E-state index contributed by atoms with van der Waals surface area (Å²) in [5.74, 6) is 3.05. The van der Waals surface area contributed by atoms with Crippen molar-refractivity contribution in [2.45, 2.75) is 45.6 Å². The first-order valence-electron chi connectivity index (χ1n) is 8.21. The van der Waals surface area contributed by atoms with E-state index in [1.165, 1.54) is 25.7 Å². The largest absolute Gasteiger partial charge is 0.484 e. The highest BCUT2D eigenvalue weighted by Crippen LogP contribution is 2.49. The Morgan fingerprint density at radius 1 is 1.41 bits per heavy atom. The highest BCUT2D eigenvalue weighted by molar-refractivity contribution is 6.30. The van der Waals surface area contributed by atoms with Gasteiger partial charge < -0.3 is 10.1 Å². The standard InChI is InChI=1S/C18H24ClNO2/c1-11-7-15(19)5-6-17(11)22-10-18(21)20-12(2)16-9-13-3-4-14(16)8-13/h5-7,12-14,16H,3-4,8-10H2,1-2H3,(H,20,21)/t12-,13+,14+,16+/m1/s1. The van der Waals surface area contributed by atoms with E-state index >= 15 is 0 Å². The molecule has 2 aliphatic carbocycles. The van der Waals surface area contributed by atoms with Gasteiger partial charge in [0.05, 0.1) is 0 Å². The maximum atomic E-state index is 12.1. The average molecular weight is 322 g/mol. The summed E-state index contributed by atoms with van der Waals surface area (Å²) < 4.78 is 5.61. The van der Waals surface area contributed by atoms with Crippen LogP contribution in [0.5, 0.6) is 5.75 Å². The lowest BCUT2D eigenvalue weighted by Gasteiger charge is -2.28. The minimum Gasteiger partial charge on any atom is -0.484 e. The van der Waals surface area contributed by atoms with E-state index in [1.54, 1.807) is 6.07 Å². The van der Waals surface area contributed by atoms with Crippen LogP contribution in [0.4, 0.5) is 0 Å². The summed E-state index contributed by atoms with van der Waals surface area (Å²) in [5, 5.41) is 3.80. The van der Waals surface area contributed by atoms with Crippen LogP contribution in [0, 0.1) is 24.7 Å². The van der Waals surface area contributed by atoms with Crippen LogP contribution in [-0.2, 0) is 4.79 Å². The monoisotopic (exact) mass is 321 g/mol. The van der Waals surface area contributed by atoms with Gasteiger partial charge in [-0.2, -0.15) is 0 Å². The second-order valence-corrected chi connectivity index (χ2v) is 7.33. The Balaban J connectivity index is 1.48. The van der Waals surface area contributed by atoms with Crippen molar-refractivity contribution in [2.24, 2.45) is 17.8 Å². The molecular formula is C18H24ClNO2. The van der Waals surface area contributed by atoms with Crippen molar-refractivity contribution >= 4 is 17.5 Å². The van der Waals surface area contributed by atoms with Crippen LogP contribution in [0.1, 0.15) is 38.2 Å². The molecule has 3 nitrogen and oxygen atoms in total. The second kappa shape index (κ2) is 6.49. The van der Waals surface area contributed by atoms with Crippen LogP contribution in [0.2, 0.25) is 5.02 Å². The van der Waals surface area contributed by atoms with Crippen molar-refractivity contribution in [3.8, 4) is 5.75 Å². The van der Waals surface area contributed by atoms with E-state index in [2.05, 4.69) is 12.2 Å². The molecule has 22 heavy (non-hydrogen) atoms. The normalized spacial score (nSPS) is 27.7. The Morgan fingerprint density at radius 2 is 2.23 bits per heavy atom. The fourth-order valence-corrected chi connectivity index (χ4v) is 4.45. The number of carbonyl (C=O) groups is 1. The molecule has 0 saturated heterocycles. The van der Waals surface area contributed by atoms with E-state index in [1.807, 2.05) is 19.1 Å². The van der Waals surface area contributed by atoms with E-state index in [9.17, 15) is 4.79 Å². The number of ether oxygens (including phenoxy) is 1.